The van der Waals surface area contributed by atoms with Gasteiger partial charge in [-0.15, -0.1) is 0 Å². The molecular weight excluding hydrogens is 668 g/mol. The fraction of sp³-hybridized carbons (Fsp3) is 0.550. The highest BCUT2D eigenvalue weighted by Crippen LogP contribution is 2.35. The first-order chi connectivity index (χ1) is 24.5. The maximum Gasteiger partial charge on any atom is 0.336 e. The zero-order chi connectivity index (χ0) is 37.2. The lowest BCUT2D eigenvalue weighted by Gasteiger charge is -2.24. The number of halogens is 1. The molecule has 280 valence electrons. The zero-order valence-corrected chi connectivity index (χ0v) is 31.9. The summed E-state index contributed by atoms with van der Waals surface area (Å²) in [5.74, 6) is -0.301. The van der Waals surface area contributed by atoms with Crippen LogP contribution in [0.15, 0.2) is 51.7 Å². The van der Waals surface area contributed by atoms with Crippen LogP contribution >= 0.6 is 11.6 Å². The number of anilines is 1. The van der Waals surface area contributed by atoms with E-state index < -0.39 is 11.7 Å². The first-order valence-corrected chi connectivity index (χ1v) is 18.9. The number of carbonyl (C=O) groups excluding carboxylic acids is 3. The van der Waals surface area contributed by atoms with Crippen LogP contribution in [-0.4, -0.2) is 73.9 Å². The summed E-state index contributed by atoms with van der Waals surface area (Å²) >= 11 is 6.70. The minimum Gasteiger partial charge on any atom is -0.481 e. The maximum absolute atomic E-state index is 13.1. The second-order valence-corrected chi connectivity index (χ2v) is 13.8. The Balaban J connectivity index is 1.56. The third kappa shape index (κ3) is 14.3. The van der Waals surface area contributed by atoms with Crippen molar-refractivity contribution >= 4 is 46.0 Å². The highest BCUT2D eigenvalue weighted by Gasteiger charge is 2.23. The number of likely N-dealkylation sites (N-methyl/N-ethyl adjacent to an activating group) is 2. The third-order valence-electron chi connectivity index (χ3n) is 8.84. The SMILES string of the molecule is CCCCCCCCCCCCCC(=O)Nc1ccc(-c2cc(=O)oc3cc(OC(C)C(=O)N(CC)CC(=O)NCCN(C)C)ccc23)c(Cl)c1. The Morgan fingerprint density at radius 3 is 2.14 bits per heavy atom. The van der Waals surface area contributed by atoms with Gasteiger partial charge in [-0.1, -0.05) is 88.8 Å². The highest BCUT2D eigenvalue weighted by atomic mass is 35.5. The van der Waals surface area contributed by atoms with Crippen molar-refractivity contribution < 1.29 is 23.5 Å². The van der Waals surface area contributed by atoms with Gasteiger partial charge >= 0.3 is 5.63 Å². The van der Waals surface area contributed by atoms with Crippen molar-refractivity contribution in [1.82, 2.24) is 15.1 Å². The minimum atomic E-state index is -0.890. The van der Waals surface area contributed by atoms with E-state index >= 15 is 0 Å². The van der Waals surface area contributed by atoms with Gasteiger partial charge in [0.15, 0.2) is 6.10 Å². The molecule has 1 unspecified atom stereocenters. The molecule has 0 spiro atoms. The Labute approximate surface area is 308 Å². The van der Waals surface area contributed by atoms with E-state index in [2.05, 4.69) is 17.6 Å². The summed E-state index contributed by atoms with van der Waals surface area (Å²) < 4.78 is 11.4. The number of carbonyl (C=O) groups is 3. The van der Waals surface area contributed by atoms with Crippen molar-refractivity contribution in [2.24, 2.45) is 0 Å². The van der Waals surface area contributed by atoms with Gasteiger partial charge in [-0.25, -0.2) is 4.79 Å². The van der Waals surface area contributed by atoms with Gasteiger partial charge in [0.25, 0.3) is 5.91 Å². The van der Waals surface area contributed by atoms with Crippen LogP contribution in [-0.2, 0) is 14.4 Å². The van der Waals surface area contributed by atoms with Crippen LogP contribution in [0.3, 0.4) is 0 Å². The average molecular weight is 725 g/mol. The summed E-state index contributed by atoms with van der Waals surface area (Å²) in [7, 11) is 3.84. The fourth-order valence-corrected chi connectivity index (χ4v) is 6.21. The number of nitrogens with one attached hydrogen (secondary N) is 2. The molecule has 0 aliphatic heterocycles. The van der Waals surface area contributed by atoms with Gasteiger partial charge in [0.1, 0.15) is 11.3 Å². The molecule has 0 radical (unpaired) electrons. The summed E-state index contributed by atoms with van der Waals surface area (Å²) in [6.07, 6.45) is 13.1. The molecule has 3 rings (SSSR count). The second-order valence-electron chi connectivity index (χ2n) is 13.4. The van der Waals surface area contributed by atoms with E-state index in [0.717, 1.165) is 19.3 Å². The van der Waals surface area contributed by atoms with E-state index in [0.29, 0.717) is 59.0 Å². The van der Waals surface area contributed by atoms with Crippen molar-refractivity contribution in [2.75, 3.05) is 45.6 Å². The lowest BCUT2D eigenvalue weighted by molar-refractivity contribution is -0.141. The molecule has 0 fully saturated rings. The standard InChI is InChI=1S/C40H57ClN4O6/c1-6-8-9-10-11-12-13-14-15-16-17-18-37(46)43-30-19-21-32(35(41)25-30)34-27-39(48)51-36-26-31(20-22-33(34)36)50-29(3)40(49)45(7-2)28-38(47)42-23-24-44(4)5/h19-22,25-27,29H,6-18,23-24,28H2,1-5H3,(H,42,47)(H,43,46). The summed E-state index contributed by atoms with van der Waals surface area (Å²) in [4.78, 5) is 54.1. The molecule has 1 heterocycles. The summed E-state index contributed by atoms with van der Waals surface area (Å²) in [6, 6.07) is 11.6. The number of benzene rings is 2. The summed E-state index contributed by atoms with van der Waals surface area (Å²) in [5, 5.41) is 6.76. The molecule has 0 aliphatic carbocycles. The molecule has 0 saturated heterocycles. The van der Waals surface area contributed by atoms with Gasteiger partial charge in [0, 0.05) is 60.4 Å². The number of ether oxygens (including phenoxy) is 1. The molecule has 3 aromatic rings. The Hall–Kier alpha value is -3.89. The lowest BCUT2D eigenvalue weighted by atomic mass is 10.0. The number of hydrogen-bond acceptors (Lipinski definition) is 7. The fourth-order valence-electron chi connectivity index (χ4n) is 5.93. The lowest BCUT2D eigenvalue weighted by Crippen LogP contribution is -2.46. The molecule has 0 saturated carbocycles. The van der Waals surface area contributed by atoms with Crippen molar-refractivity contribution in [1.29, 1.82) is 0 Å². The van der Waals surface area contributed by atoms with E-state index in [1.807, 2.05) is 19.0 Å². The zero-order valence-electron chi connectivity index (χ0n) is 31.2. The van der Waals surface area contributed by atoms with Crippen molar-refractivity contribution in [3.8, 4) is 16.9 Å². The van der Waals surface area contributed by atoms with E-state index in [1.54, 1.807) is 50.2 Å². The molecule has 10 nitrogen and oxygen atoms in total. The van der Waals surface area contributed by atoms with Crippen LogP contribution in [0.25, 0.3) is 22.1 Å². The number of fused-ring (bicyclic) bond motifs is 1. The molecule has 2 N–H and O–H groups in total. The normalized spacial score (nSPS) is 11.8. The molecule has 1 aromatic heterocycles. The predicted molar refractivity (Wildman–Crippen MR) is 207 cm³/mol. The largest absolute Gasteiger partial charge is 0.481 e. The molecule has 0 bridgehead atoms. The van der Waals surface area contributed by atoms with Crippen molar-refractivity contribution in [3.05, 3.63) is 57.9 Å². The Kier molecular flexibility index (Phi) is 18.0. The Morgan fingerprint density at radius 2 is 1.51 bits per heavy atom. The van der Waals surface area contributed by atoms with Gasteiger partial charge < -0.3 is 29.6 Å². The minimum absolute atomic E-state index is 0.0499. The van der Waals surface area contributed by atoms with E-state index in [9.17, 15) is 19.2 Å². The van der Waals surface area contributed by atoms with Gasteiger partial charge in [0.05, 0.1) is 11.6 Å². The van der Waals surface area contributed by atoms with Crippen LogP contribution in [0.5, 0.6) is 5.75 Å². The smallest absolute Gasteiger partial charge is 0.336 e. The topological polar surface area (TPSA) is 121 Å². The average Bonchev–Trinajstić information content (AvgIpc) is 3.08. The second kappa shape index (κ2) is 22.1. The summed E-state index contributed by atoms with van der Waals surface area (Å²) in [5.41, 5.74) is 1.46. The number of unbranched alkanes of at least 4 members (excludes halogenated alkanes) is 10. The Morgan fingerprint density at radius 1 is 0.843 bits per heavy atom. The molecule has 2 aromatic carbocycles. The molecule has 1 atom stereocenters. The molecular formula is C40H57ClN4O6. The highest BCUT2D eigenvalue weighted by molar-refractivity contribution is 6.34. The maximum atomic E-state index is 13.1. The van der Waals surface area contributed by atoms with Gasteiger partial charge in [0.2, 0.25) is 11.8 Å². The quantitative estimate of drug-likeness (QED) is 0.0750. The van der Waals surface area contributed by atoms with Crippen molar-refractivity contribution in [3.63, 3.8) is 0 Å². The van der Waals surface area contributed by atoms with Gasteiger partial charge in [-0.05, 0) is 58.6 Å². The monoisotopic (exact) mass is 724 g/mol. The van der Waals surface area contributed by atoms with Gasteiger partial charge in [-0.3, -0.25) is 14.4 Å². The number of rotatable bonds is 23. The van der Waals surface area contributed by atoms with Gasteiger partial charge in [-0.2, -0.15) is 0 Å². The summed E-state index contributed by atoms with van der Waals surface area (Å²) in [6.45, 7) is 7.10. The number of amides is 3. The van der Waals surface area contributed by atoms with E-state index in [-0.39, 0.29) is 29.8 Å². The molecule has 51 heavy (non-hydrogen) atoms. The molecule has 0 aliphatic rings. The van der Waals surface area contributed by atoms with E-state index in [4.69, 9.17) is 20.8 Å². The predicted octanol–water partition coefficient (Wildman–Crippen LogP) is 8.05. The molecule has 11 heteroatoms. The third-order valence-corrected chi connectivity index (χ3v) is 9.15. The van der Waals surface area contributed by atoms with Crippen molar-refractivity contribution in [2.45, 2.75) is 104 Å². The van der Waals surface area contributed by atoms with Crippen LogP contribution in [0.2, 0.25) is 5.02 Å². The first kappa shape index (κ1) is 41.5. The van der Waals surface area contributed by atoms with E-state index in [1.165, 1.54) is 62.3 Å². The number of hydrogen-bond donors (Lipinski definition) is 2. The number of nitrogens with zero attached hydrogens (tertiary/aromatic N) is 2. The van der Waals surface area contributed by atoms with Crippen LogP contribution in [0.1, 0.15) is 97.8 Å². The first-order valence-electron chi connectivity index (χ1n) is 18.6. The van der Waals surface area contributed by atoms with Crippen LogP contribution in [0.4, 0.5) is 5.69 Å². The van der Waals surface area contributed by atoms with Crippen LogP contribution in [0, 0.1) is 0 Å². The van der Waals surface area contributed by atoms with Crippen LogP contribution < -0.4 is 21.0 Å². The Bertz CT molecular complexity index is 1620. The molecule has 3 amide bonds.